The van der Waals surface area contributed by atoms with Gasteiger partial charge < -0.3 is 15.4 Å². The molecule has 0 aromatic carbocycles. The summed E-state index contributed by atoms with van der Waals surface area (Å²) in [7, 11) is 0. The van der Waals surface area contributed by atoms with E-state index in [0.29, 0.717) is 11.5 Å². The Labute approximate surface area is 133 Å². The van der Waals surface area contributed by atoms with Crippen molar-refractivity contribution in [2.24, 2.45) is 23.2 Å². The normalized spacial score (nSPS) is 44.0. The third kappa shape index (κ3) is 3.07. The Morgan fingerprint density at radius 2 is 1.71 bits per heavy atom. The first-order chi connectivity index (χ1) is 10.2. The monoisotopic (exact) mass is 308 g/mol. The molecule has 118 valence electrons. The Morgan fingerprint density at radius 3 is 2.29 bits per heavy atom. The van der Waals surface area contributed by atoms with Gasteiger partial charge in [0.05, 0.1) is 6.10 Å². The van der Waals surface area contributed by atoms with E-state index in [-0.39, 0.29) is 0 Å². The van der Waals surface area contributed by atoms with Crippen molar-refractivity contribution in [3.63, 3.8) is 0 Å². The topological polar surface area (TPSA) is 33.3 Å². The first kappa shape index (κ1) is 14.3. The first-order valence-electron chi connectivity index (χ1n) is 8.84. The molecule has 1 saturated heterocycles. The molecule has 0 radical (unpaired) electrons. The predicted octanol–water partition coefficient (Wildman–Crippen LogP) is 2.85. The number of thiocarbonyl (C=S) groups is 1. The van der Waals surface area contributed by atoms with Crippen molar-refractivity contribution in [3.05, 3.63) is 0 Å². The van der Waals surface area contributed by atoms with Crippen LogP contribution in [0.3, 0.4) is 0 Å². The van der Waals surface area contributed by atoms with Gasteiger partial charge >= 0.3 is 0 Å². The van der Waals surface area contributed by atoms with Crippen LogP contribution in [0, 0.1) is 23.2 Å². The summed E-state index contributed by atoms with van der Waals surface area (Å²) in [6.45, 7) is 2.88. The lowest BCUT2D eigenvalue weighted by Gasteiger charge is -2.57. The van der Waals surface area contributed by atoms with Gasteiger partial charge in [0.25, 0.3) is 0 Å². The van der Waals surface area contributed by atoms with Crippen LogP contribution in [-0.4, -0.2) is 30.9 Å². The second kappa shape index (κ2) is 5.69. The third-order valence-electron chi connectivity index (χ3n) is 6.30. The molecular weight excluding hydrogens is 280 g/mol. The molecule has 4 bridgehead atoms. The molecule has 0 spiro atoms. The van der Waals surface area contributed by atoms with Crippen LogP contribution in [0.4, 0.5) is 0 Å². The smallest absolute Gasteiger partial charge is 0.166 e. The first-order valence-corrected chi connectivity index (χ1v) is 9.25. The molecule has 4 aliphatic carbocycles. The van der Waals surface area contributed by atoms with E-state index in [0.717, 1.165) is 42.6 Å². The number of ether oxygens (including phenoxy) is 1. The van der Waals surface area contributed by atoms with Crippen LogP contribution in [0.2, 0.25) is 0 Å². The Morgan fingerprint density at radius 1 is 1.05 bits per heavy atom. The van der Waals surface area contributed by atoms with Crippen molar-refractivity contribution in [2.45, 2.75) is 57.5 Å². The van der Waals surface area contributed by atoms with E-state index in [1.165, 1.54) is 51.4 Å². The van der Waals surface area contributed by atoms with Crippen molar-refractivity contribution < 1.29 is 4.74 Å². The van der Waals surface area contributed by atoms with Crippen LogP contribution < -0.4 is 10.6 Å². The zero-order chi connectivity index (χ0) is 14.3. The molecule has 5 rings (SSSR count). The Balaban J connectivity index is 1.25. The fraction of sp³-hybridized carbons (Fsp3) is 0.941. The molecule has 21 heavy (non-hydrogen) atoms. The third-order valence-corrected chi connectivity index (χ3v) is 6.59. The molecular formula is C17H28N2OS. The molecule has 5 fully saturated rings. The summed E-state index contributed by atoms with van der Waals surface area (Å²) in [5, 5.41) is 7.72. The lowest BCUT2D eigenvalue weighted by atomic mass is 9.49. The summed E-state index contributed by atoms with van der Waals surface area (Å²) < 4.78 is 5.63. The average Bonchev–Trinajstić information content (AvgIpc) is 2.95. The largest absolute Gasteiger partial charge is 0.376 e. The summed E-state index contributed by atoms with van der Waals surface area (Å²) in [4.78, 5) is 0. The van der Waals surface area contributed by atoms with Gasteiger partial charge in [-0.3, -0.25) is 0 Å². The van der Waals surface area contributed by atoms with E-state index in [2.05, 4.69) is 10.6 Å². The van der Waals surface area contributed by atoms with Crippen LogP contribution in [0.1, 0.15) is 51.4 Å². The SMILES string of the molecule is S=C(NC[C@H]1CCCO1)NCC12CC3CC(CC(C3)C1)C2. The van der Waals surface area contributed by atoms with E-state index in [4.69, 9.17) is 17.0 Å². The summed E-state index contributed by atoms with van der Waals surface area (Å²) in [5.74, 6) is 3.06. The van der Waals surface area contributed by atoms with E-state index in [9.17, 15) is 0 Å². The quantitative estimate of drug-likeness (QED) is 0.783. The van der Waals surface area contributed by atoms with Crippen LogP contribution in [0.5, 0.6) is 0 Å². The molecule has 1 aliphatic heterocycles. The minimum absolute atomic E-state index is 0.365. The van der Waals surface area contributed by atoms with Gasteiger partial charge in [0, 0.05) is 19.7 Å². The Hall–Kier alpha value is -0.350. The van der Waals surface area contributed by atoms with Crippen LogP contribution in [0.25, 0.3) is 0 Å². The van der Waals surface area contributed by atoms with Gasteiger partial charge in [0.15, 0.2) is 5.11 Å². The van der Waals surface area contributed by atoms with Crippen molar-refractivity contribution in [1.29, 1.82) is 0 Å². The van der Waals surface area contributed by atoms with E-state index >= 15 is 0 Å². The molecule has 0 amide bonds. The van der Waals surface area contributed by atoms with Gasteiger partial charge in [0.1, 0.15) is 0 Å². The van der Waals surface area contributed by atoms with Crippen molar-refractivity contribution in [3.8, 4) is 0 Å². The molecule has 1 heterocycles. The van der Waals surface area contributed by atoms with Crippen molar-refractivity contribution >= 4 is 17.3 Å². The number of hydrogen-bond acceptors (Lipinski definition) is 2. The maximum Gasteiger partial charge on any atom is 0.166 e. The van der Waals surface area contributed by atoms with Crippen LogP contribution in [0.15, 0.2) is 0 Å². The Bertz CT molecular complexity index is 370. The van der Waals surface area contributed by atoms with Gasteiger partial charge in [-0.2, -0.15) is 0 Å². The molecule has 2 N–H and O–H groups in total. The van der Waals surface area contributed by atoms with E-state index in [1.807, 2.05) is 0 Å². The predicted molar refractivity (Wildman–Crippen MR) is 88.2 cm³/mol. The summed E-state index contributed by atoms with van der Waals surface area (Å²) in [5.41, 5.74) is 0.560. The Kier molecular flexibility index (Phi) is 3.86. The summed E-state index contributed by atoms with van der Waals surface area (Å²) in [6, 6.07) is 0. The second-order valence-corrected chi connectivity index (χ2v) is 8.52. The van der Waals surface area contributed by atoms with E-state index < -0.39 is 0 Å². The highest BCUT2D eigenvalue weighted by Crippen LogP contribution is 2.59. The number of hydrogen-bond donors (Lipinski definition) is 2. The average molecular weight is 308 g/mol. The van der Waals surface area contributed by atoms with Crippen molar-refractivity contribution in [1.82, 2.24) is 10.6 Å². The van der Waals surface area contributed by atoms with Crippen LogP contribution in [-0.2, 0) is 4.74 Å². The fourth-order valence-corrected chi connectivity index (χ4v) is 6.00. The lowest BCUT2D eigenvalue weighted by Crippen LogP contribution is -2.52. The fourth-order valence-electron chi connectivity index (χ4n) is 5.85. The zero-order valence-electron chi connectivity index (χ0n) is 12.9. The molecule has 0 unspecified atom stereocenters. The van der Waals surface area contributed by atoms with E-state index in [1.54, 1.807) is 0 Å². The van der Waals surface area contributed by atoms with Gasteiger partial charge in [-0.15, -0.1) is 0 Å². The van der Waals surface area contributed by atoms with Gasteiger partial charge in [0.2, 0.25) is 0 Å². The minimum atomic E-state index is 0.365. The molecule has 1 atom stereocenters. The second-order valence-electron chi connectivity index (χ2n) is 8.12. The number of rotatable bonds is 4. The lowest BCUT2D eigenvalue weighted by molar-refractivity contribution is -0.0491. The van der Waals surface area contributed by atoms with Crippen molar-refractivity contribution in [2.75, 3.05) is 19.7 Å². The van der Waals surface area contributed by atoms with Gasteiger partial charge in [-0.25, -0.2) is 0 Å². The molecule has 0 aromatic rings. The highest BCUT2D eigenvalue weighted by atomic mass is 32.1. The maximum absolute atomic E-state index is 5.63. The maximum atomic E-state index is 5.63. The number of nitrogens with one attached hydrogen (secondary N) is 2. The highest BCUT2D eigenvalue weighted by molar-refractivity contribution is 7.80. The zero-order valence-corrected chi connectivity index (χ0v) is 13.7. The van der Waals surface area contributed by atoms with Gasteiger partial charge in [-0.1, -0.05) is 0 Å². The molecule has 3 nitrogen and oxygen atoms in total. The van der Waals surface area contributed by atoms with Crippen LogP contribution >= 0.6 is 12.2 Å². The highest BCUT2D eigenvalue weighted by Gasteiger charge is 2.50. The molecule has 5 aliphatic rings. The molecule has 4 saturated carbocycles. The standard InChI is InChI=1S/C17H28N2OS/c21-16(18-10-15-2-1-3-20-15)19-11-17-7-12-4-13(8-17)6-14(5-12)9-17/h12-15H,1-11H2,(H2,18,19,21)/t12?,13?,14?,15-,17?/m1/s1. The van der Waals surface area contributed by atoms with Gasteiger partial charge in [-0.05, 0) is 86.8 Å². The molecule has 0 aromatic heterocycles. The summed E-state index contributed by atoms with van der Waals surface area (Å²) in [6.07, 6.45) is 11.6. The minimum Gasteiger partial charge on any atom is -0.376 e. The molecule has 4 heteroatoms. The summed E-state index contributed by atoms with van der Waals surface area (Å²) >= 11 is 5.46.